The number of nitrogens with one attached hydrogen (secondary N) is 28. The number of aliphatic hydroxyl groups excluding tert-OH is 1. The van der Waals surface area contributed by atoms with E-state index in [4.69, 9.17) is 55.7 Å². The summed E-state index contributed by atoms with van der Waals surface area (Å²) >= 11 is 0. The molecule has 4 heterocycles. The molecule has 19 atom stereocenters. The van der Waals surface area contributed by atoms with Gasteiger partial charge in [0, 0.05) is 73.7 Å². The molecule has 39 N–H and O–H groups in total. The van der Waals surface area contributed by atoms with Gasteiger partial charge in [-0.1, -0.05) is 157 Å². The number of amides is 18. The lowest BCUT2D eigenvalue weighted by atomic mass is 9.97. The summed E-state index contributed by atoms with van der Waals surface area (Å²) < 4.78 is 0. The Hall–Kier alpha value is -11.9. The van der Waals surface area contributed by atoms with Crippen molar-refractivity contribution in [3.05, 3.63) is 35.9 Å². The number of guanidine groups is 5. The van der Waals surface area contributed by atoms with Crippen molar-refractivity contribution in [3.63, 3.8) is 0 Å². The van der Waals surface area contributed by atoms with Crippen LogP contribution in [0.4, 0.5) is 0 Å². The number of nitrogens with two attached hydrogens (primary N) is 5. The lowest BCUT2D eigenvalue weighted by Crippen LogP contribution is -2.63. The molecule has 0 aromatic heterocycles. The highest BCUT2D eigenvalue weighted by molar-refractivity contribution is 8.77. The monoisotopic (exact) mass is 2120 g/mol. The number of rotatable bonds is 29. The zero-order valence-electron chi connectivity index (χ0n) is 81.4. The summed E-state index contributed by atoms with van der Waals surface area (Å²) in [6.07, 6.45) is -3.61. The number of carbonyl (C=O) groups is 18. The molecule has 143 heavy (non-hydrogen) atoms. The van der Waals surface area contributed by atoms with E-state index in [9.17, 15) is 38.7 Å². The largest absolute Gasteiger partial charge is 0.391 e. The molecule has 4 saturated heterocycles. The molecule has 0 aliphatic carbocycles. The highest BCUT2D eigenvalue weighted by Crippen LogP contribution is 2.29. The van der Waals surface area contributed by atoms with E-state index in [1.54, 1.807) is 85.7 Å². The maximum atomic E-state index is 15.8. The first kappa shape index (κ1) is 122. The zero-order valence-corrected chi connectivity index (χ0v) is 86.3. The molecule has 58 heteroatoms. The van der Waals surface area contributed by atoms with Gasteiger partial charge in [-0.05, 0) is 107 Å². The van der Waals surface area contributed by atoms with Crippen molar-refractivity contribution in [2.24, 2.45) is 52.3 Å². The van der Waals surface area contributed by atoms with Gasteiger partial charge in [-0.15, -0.1) is 0 Å². The number of hydrogen-bond acceptors (Lipinski definition) is 30. The maximum absolute atomic E-state index is 15.8. The minimum atomic E-state index is -1.95. The zero-order chi connectivity index (χ0) is 106. The van der Waals surface area contributed by atoms with Crippen molar-refractivity contribution in [3.8, 4) is 0 Å². The number of fused-ring (bicyclic) bond motifs is 15. The molecular weight excluding hydrogens is 1980 g/mol. The topological polar surface area (TPSA) is 854 Å². The Morgan fingerprint density at radius 1 is 0.322 bits per heavy atom. The molecule has 4 aliphatic heterocycles. The van der Waals surface area contributed by atoms with E-state index in [-0.39, 0.29) is 116 Å². The van der Waals surface area contributed by atoms with E-state index in [2.05, 4.69) is 122 Å². The predicted octanol–water partition coefficient (Wildman–Crippen LogP) is -8.11. The second-order valence-electron chi connectivity index (χ2n) is 35.6. The minimum Gasteiger partial charge on any atom is -0.391 e. The van der Waals surface area contributed by atoms with Crippen molar-refractivity contribution < 1.29 is 91.4 Å². The first-order valence-corrected chi connectivity index (χ1v) is 54.4. The van der Waals surface area contributed by atoms with Crippen molar-refractivity contribution in [1.82, 2.24) is 122 Å². The number of carbonyl (C=O) groups excluding carboxylic acids is 18. The van der Waals surface area contributed by atoms with Crippen LogP contribution in [-0.4, -0.2) is 324 Å². The summed E-state index contributed by atoms with van der Waals surface area (Å²) in [5, 5.41) is 111. The molecule has 1 aromatic rings. The summed E-state index contributed by atoms with van der Waals surface area (Å²) in [5.41, 5.74) is 28.6. The maximum Gasteiger partial charge on any atom is 0.245 e. The van der Waals surface area contributed by atoms with E-state index >= 15 is 52.7 Å². The normalized spacial score (nSPS) is 26.3. The Labute approximate surface area is 853 Å². The van der Waals surface area contributed by atoms with Crippen LogP contribution < -0.4 is 151 Å². The highest BCUT2D eigenvalue weighted by Gasteiger charge is 2.43. The Bertz CT molecular complexity index is 4580. The lowest BCUT2D eigenvalue weighted by molar-refractivity contribution is -0.137. The van der Waals surface area contributed by atoms with E-state index in [0.717, 1.165) is 71.7 Å². The fourth-order valence-electron chi connectivity index (χ4n) is 14.5. The standard InChI is InChI=1S/C85H143N33O19S6/c1-10-43(8)62-79(136)114-58-39-143-139-35-54(112-70(127)52(32-45-19-12-11-13-20-45)108-78(135)61(42(6)7)116-68(125)50(25-18-30-100-85(94)95)106-80(137)63(44(9)119)118-76(58)133)72(129)104-48(23-16-28-98-83(90)91)66(123)109-55-36-140-142-38-57(75(132)117-62)110-67(124)49(24-17-29-99-84(92)93)105-73(130)56-37-141-138-34-53(111-69(126)51(31-40(2)3)107-74(55)131)71(128)103-47(22-15-27-97-82(88)89)65(122)102-46(21-14-26-96-81(86)87)64(121)101-33-59(120)115-60(41(4)5)77(134)113-56/h11-13,19-20,40-44,46-58,60-63,119H,10,14-18,21-39H2,1-9H3,(H,101,121)(H,102,122)(H,103,128)(H,104,129)(H,105,130)(H,106,137)(H,107,131)(H,108,135)(H,109,123)(H,110,124)(H,111,126)(H,112,127)(H,113,134)(H,114,136)(H,115,120)(H,116,125)(H,117,132)(H,118,133)(H4,86,87,96)(H4,88,89,97)(H4,90,91,98)(H4,92,93,99)(H4,94,95,100)/t43-,44+,46-,47-,48-,49-,50-,51-,52-,53-,54-,55-,56-,57-,58-,60-,61-,62-,63-/m0/s1. The second-order valence-corrected chi connectivity index (χ2v) is 43.2. The van der Waals surface area contributed by atoms with Crippen LogP contribution in [0.3, 0.4) is 0 Å². The molecule has 5 rings (SSSR count). The third-order valence-electron chi connectivity index (χ3n) is 22.6. The van der Waals surface area contributed by atoms with Crippen LogP contribution in [0.1, 0.15) is 145 Å². The average molecular weight is 2120 g/mol. The van der Waals surface area contributed by atoms with E-state index in [1.165, 1.54) is 0 Å². The Kier molecular flexibility index (Phi) is 53.8. The first-order chi connectivity index (χ1) is 67.7. The van der Waals surface area contributed by atoms with Gasteiger partial charge in [0.1, 0.15) is 103 Å². The fourth-order valence-corrected chi connectivity index (χ4v) is 21.5. The molecule has 798 valence electrons. The Balaban J connectivity index is 1.89. The third-order valence-corrected chi connectivity index (χ3v) is 29.9. The van der Waals surface area contributed by atoms with E-state index < -0.39 is 310 Å². The quantitative estimate of drug-likeness (QED) is 0.0153. The van der Waals surface area contributed by atoms with Crippen LogP contribution in [0.25, 0.3) is 0 Å². The van der Waals surface area contributed by atoms with Crippen LogP contribution in [0.2, 0.25) is 0 Å². The highest BCUT2D eigenvalue weighted by atomic mass is 33.1. The van der Waals surface area contributed by atoms with Gasteiger partial charge in [0.2, 0.25) is 106 Å². The second kappa shape index (κ2) is 63.3. The molecular formula is C85H143N33O19S6. The number of benzene rings is 1. The molecule has 1 aromatic carbocycles. The van der Waals surface area contributed by atoms with Crippen LogP contribution in [0, 0.1) is 50.7 Å². The molecule has 4 aliphatic rings. The van der Waals surface area contributed by atoms with Crippen molar-refractivity contribution >= 4 is 201 Å². The van der Waals surface area contributed by atoms with Crippen LogP contribution in [0.15, 0.2) is 30.3 Å². The predicted molar refractivity (Wildman–Crippen MR) is 547 cm³/mol. The fraction of sp³-hybridized carbons (Fsp3) is 0.659. The van der Waals surface area contributed by atoms with Gasteiger partial charge >= 0.3 is 0 Å². The summed E-state index contributed by atoms with van der Waals surface area (Å²) in [6.45, 7) is 12.9. The minimum absolute atomic E-state index is 0.00598. The molecule has 0 unspecified atom stereocenters. The summed E-state index contributed by atoms with van der Waals surface area (Å²) in [5.74, 6) is -27.2. The molecule has 0 radical (unpaired) electrons. The molecule has 0 saturated carbocycles. The average Bonchev–Trinajstić information content (AvgIpc) is 0.846. The van der Waals surface area contributed by atoms with Gasteiger partial charge in [0.15, 0.2) is 29.8 Å². The van der Waals surface area contributed by atoms with Gasteiger partial charge in [-0.2, -0.15) is 0 Å². The number of aliphatic hydroxyl groups is 1. The van der Waals surface area contributed by atoms with Gasteiger partial charge in [-0.25, -0.2) is 0 Å². The molecule has 0 spiro atoms. The molecule has 4 fully saturated rings. The summed E-state index contributed by atoms with van der Waals surface area (Å²) in [7, 11) is 4.85. The first-order valence-electron chi connectivity index (χ1n) is 46.9. The van der Waals surface area contributed by atoms with Crippen molar-refractivity contribution in [2.45, 2.75) is 255 Å². The smallest absolute Gasteiger partial charge is 0.245 e. The van der Waals surface area contributed by atoms with Crippen molar-refractivity contribution in [2.75, 3.05) is 73.8 Å². The van der Waals surface area contributed by atoms with Gasteiger partial charge < -0.3 is 156 Å². The van der Waals surface area contributed by atoms with Crippen LogP contribution >= 0.6 is 64.8 Å². The summed E-state index contributed by atoms with van der Waals surface area (Å²) in [6, 6.07) is -20.4. The van der Waals surface area contributed by atoms with E-state index in [1.807, 2.05) is 0 Å². The number of hydrogen-bond donors (Lipinski definition) is 34. The van der Waals surface area contributed by atoms with Crippen molar-refractivity contribution in [1.29, 1.82) is 27.0 Å². The Morgan fingerprint density at radius 2 is 0.573 bits per heavy atom. The van der Waals surface area contributed by atoms with Gasteiger partial charge in [0.25, 0.3) is 0 Å². The molecule has 52 nitrogen and oxygen atoms in total. The SMILES string of the molecule is CC[C@H](C)[C@@H]1NC(=O)[C@@H]2CSSC[C@H](NC(=O)[C@H](CCCNC(=N)N)NC(=O)[C@@H]3CSSC[C@H](NC1=O)C(=O)N[C@@H]([C@@H](C)O)C(=O)N[C@@H](CCCNC(=N)N)C(=O)N[C@@H](C(C)C)C(=O)N[C@@H](Cc1ccccc1)C(=O)N3)C(=O)N[C@@H](CC(C)C)C(=O)N[C@H]1CSSC[C@H](NC(=O)[C@H](C(C)C)NC(=O)CNC(=O)[C@H](CCCNC(=N)N)NC(=O)[C@H](CCCNC(=N)N)NC1=O)C(=O)N[C@@H](CCCNC(=N)N)C(=O)N2. The van der Waals surface area contributed by atoms with Gasteiger partial charge in [0.05, 0.1) is 12.6 Å². The summed E-state index contributed by atoms with van der Waals surface area (Å²) in [4.78, 5) is 274. The molecule has 6 bridgehead atoms. The lowest BCUT2D eigenvalue weighted by Gasteiger charge is -2.31. The Morgan fingerprint density at radius 3 is 0.909 bits per heavy atom. The van der Waals surface area contributed by atoms with Gasteiger partial charge in [-0.3, -0.25) is 113 Å². The van der Waals surface area contributed by atoms with Crippen LogP contribution in [0.5, 0.6) is 0 Å². The third kappa shape index (κ3) is 44.5. The van der Waals surface area contributed by atoms with Crippen LogP contribution in [-0.2, 0) is 92.7 Å². The molecule has 18 amide bonds. The van der Waals surface area contributed by atoms with E-state index in [0.29, 0.717) is 5.56 Å².